The topological polar surface area (TPSA) is 66.5 Å². The molecule has 1 saturated heterocycles. The average molecular weight is 301 g/mol. The van der Waals surface area contributed by atoms with E-state index < -0.39 is 9.84 Å². The van der Waals surface area contributed by atoms with Gasteiger partial charge in [-0.3, -0.25) is 4.79 Å². The predicted molar refractivity (Wildman–Crippen MR) is 74.5 cm³/mol. The van der Waals surface area contributed by atoms with Crippen LogP contribution in [0.3, 0.4) is 0 Å². The molecule has 0 spiro atoms. The Balaban J connectivity index is 2.02. The van der Waals surface area contributed by atoms with E-state index in [1.807, 2.05) is 4.90 Å². The third-order valence-corrected chi connectivity index (χ3v) is 5.57. The quantitative estimate of drug-likeness (QED) is 0.848. The molecule has 2 heterocycles. The van der Waals surface area contributed by atoms with E-state index in [4.69, 9.17) is 11.6 Å². The largest absolute Gasteiger partial charge is 0.355 e. The van der Waals surface area contributed by atoms with Crippen LogP contribution in [0.2, 0.25) is 5.02 Å². The number of fused-ring (bicyclic) bond motifs is 1. The van der Waals surface area contributed by atoms with E-state index in [1.165, 1.54) is 0 Å². The molecule has 1 unspecified atom stereocenters. The molecular weight excluding hydrogens is 288 g/mol. The summed E-state index contributed by atoms with van der Waals surface area (Å²) in [6.45, 7) is 0.150. The monoisotopic (exact) mass is 300 g/mol. The molecule has 0 saturated carbocycles. The second kappa shape index (κ2) is 4.38. The number of hydrogen-bond acceptors (Lipinski definition) is 4. The van der Waals surface area contributed by atoms with Gasteiger partial charge in [-0.15, -0.1) is 0 Å². The Morgan fingerprint density at radius 3 is 2.84 bits per heavy atom. The normalized spacial score (nSPS) is 25.0. The van der Waals surface area contributed by atoms with Crippen LogP contribution in [-0.2, 0) is 14.6 Å². The highest BCUT2D eigenvalue weighted by Crippen LogP contribution is 2.38. The molecule has 0 aromatic heterocycles. The number of benzene rings is 1. The first-order valence-corrected chi connectivity index (χ1v) is 8.22. The number of anilines is 2. The van der Waals surface area contributed by atoms with E-state index in [2.05, 4.69) is 5.32 Å². The first kappa shape index (κ1) is 12.7. The number of rotatable bonds is 1. The van der Waals surface area contributed by atoms with Crippen LogP contribution in [0.4, 0.5) is 11.4 Å². The minimum absolute atomic E-state index is 0.0882. The molecule has 1 aromatic rings. The maximum Gasteiger partial charge on any atom is 0.243 e. The fourth-order valence-electron chi connectivity index (χ4n) is 2.66. The van der Waals surface area contributed by atoms with Crippen molar-refractivity contribution in [3.8, 4) is 0 Å². The van der Waals surface area contributed by atoms with Crippen molar-refractivity contribution in [2.75, 3.05) is 28.3 Å². The van der Waals surface area contributed by atoms with Crippen molar-refractivity contribution in [3.05, 3.63) is 23.2 Å². The molecule has 1 fully saturated rings. The number of carbonyl (C=O) groups is 1. The van der Waals surface area contributed by atoms with Gasteiger partial charge in [0.25, 0.3) is 0 Å². The number of para-hydroxylation sites is 1. The zero-order valence-corrected chi connectivity index (χ0v) is 11.7. The van der Waals surface area contributed by atoms with Crippen molar-refractivity contribution in [1.82, 2.24) is 0 Å². The van der Waals surface area contributed by atoms with E-state index in [0.717, 1.165) is 5.69 Å². The van der Waals surface area contributed by atoms with Gasteiger partial charge < -0.3 is 10.2 Å². The number of carbonyl (C=O) groups excluding carboxylic acids is 1. The van der Waals surface area contributed by atoms with Gasteiger partial charge in [-0.05, 0) is 18.6 Å². The van der Waals surface area contributed by atoms with Crippen LogP contribution >= 0.6 is 11.6 Å². The van der Waals surface area contributed by atoms with Crippen LogP contribution in [0.25, 0.3) is 0 Å². The molecule has 0 aliphatic carbocycles. The fourth-order valence-corrected chi connectivity index (χ4v) is 4.68. The highest BCUT2D eigenvalue weighted by atomic mass is 35.5. The molecule has 2 aliphatic rings. The van der Waals surface area contributed by atoms with Crippen molar-refractivity contribution < 1.29 is 13.2 Å². The van der Waals surface area contributed by atoms with Crippen molar-refractivity contribution in [1.29, 1.82) is 0 Å². The summed E-state index contributed by atoms with van der Waals surface area (Å²) in [5.41, 5.74) is 1.37. The summed E-state index contributed by atoms with van der Waals surface area (Å²) in [4.78, 5) is 13.5. The predicted octanol–water partition coefficient (Wildman–Crippen LogP) is 1.29. The number of halogens is 1. The SMILES string of the molecule is O=C1CN(C2CCS(=O)(=O)C2)c2c(Cl)cccc2N1. The van der Waals surface area contributed by atoms with Gasteiger partial charge in [-0.1, -0.05) is 17.7 Å². The van der Waals surface area contributed by atoms with Gasteiger partial charge in [0.1, 0.15) is 0 Å². The Labute approximate surface area is 116 Å². The third kappa shape index (κ3) is 2.30. The van der Waals surface area contributed by atoms with Crippen LogP contribution < -0.4 is 10.2 Å². The number of sulfone groups is 1. The first-order valence-electron chi connectivity index (χ1n) is 6.02. The molecule has 2 aliphatic heterocycles. The van der Waals surface area contributed by atoms with E-state index in [1.54, 1.807) is 18.2 Å². The lowest BCUT2D eigenvalue weighted by molar-refractivity contribution is -0.115. The van der Waals surface area contributed by atoms with Gasteiger partial charge >= 0.3 is 0 Å². The fraction of sp³-hybridized carbons (Fsp3) is 0.417. The molecular formula is C12H13ClN2O3S. The molecule has 1 aromatic carbocycles. The molecule has 19 heavy (non-hydrogen) atoms. The summed E-state index contributed by atoms with van der Waals surface area (Å²) in [5.74, 6) is 0.125. The van der Waals surface area contributed by atoms with Gasteiger partial charge in [-0.2, -0.15) is 0 Å². The van der Waals surface area contributed by atoms with E-state index in [0.29, 0.717) is 17.1 Å². The van der Waals surface area contributed by atoms with Gasteiger partial charge in [0.15, 0.2) is 9.84 Å². The van der Waals surface area contributed by atoms with E-state index >= 15 is 0 Å². The number of nitrogens with zero attached hydrogens (tertiary/aromatic N) is 1. The Kier molecular flexibility index (Phi) is 2.94. The van der Waals surface area contributed by atoms with Crippen LogP contribution in [0.15, 0.2) is 18.2 Å². The summed E-state index contributed by atoms with van der Waals surface area (Å²) >= 11 is 6.19. The highest BCUT2D eigenvalue weighted by molar-refractivity contribution is 7.91. The summed E-state index contributed by atoms with van der Waals surface area (Å²) in [6.07, 6.45) is 0.542. The second-order valence-corrected chi connectivity index (χ2v) is 7.50. The average Bonchev–Trinajstić information content (AvgIpc) is 2.68. The lowest BCUT2D eigenvalue weighted by Crippen LogP contribution is -2.45. The minimum atomic E-state index is -2.99. The van der Waals surface area contributed by atoms with E-state index in [9.17, 15) is 13.2 Å². The molecule has 7 heteroatoms. The van der Waals surface area contributed by atoms with Gasteiger partial charge in [0.2, 0.25) is 5.91 Å². The van der Waals surface area contributed by atoms with Crippen molar-refractivity contribution in [2.45, 2.75) is 12.5 Å². The minimum Gasteiger partial charge on any atom is -0.355 e. The van der Waals surface area contributed by atoms with Crippen LogP contribution in [0.5, 0.6) is 0 Å². The van der Waals surface area contributed by atoms with Crippen LogP contribution in [0, 0.1) is 0 Å². The highest BCUT2D eigenvalue weighted by Gasteiger charge is 2.36. The number of amides is 1. The van der Waals surface area contributed by atoms with Crippen molar-refractivity contribution in [2.24, 2.45) is 0 Å². The standard InChI is InChI=1S/C12H13ClN2O3S/c13-9-2-1-3-10-12(9)15(6-11(16)14-10)8-4-5-19(17,18)7-8/h1-3,8H,4-7H2,(H,14,16). The Hall–Kier alpha value is -1.27. The number of nitrogens with one attached hydrogen (secondary N) is 1. The van der Waals surface area contributed by atoms with Crippen molar-refractivity contribution in [3.63, 3.8) is 0 Å². The smallest absolute Gasteiger partial charge is 0.243 e. The maximum absolute atomic E-state index is 11.7. The molecule has 0 radical (unpaired) electrons. The maximum atomic E-state index is 11.7. The number of hydrogen-bond donors (Lipinski definition) is 1. The summed E-state index contributed by atoms with van der Waals surface area (Å²) in [5, 5.41) is 3.29. The van der Waals surface area contributed by atoms with Gasteiger partial charge in [-0.25, -0.2) is 8.42 Å². The molecule has 1 N–H and O–H groups in total. The molecule has 102 valence electrons. The molecule has 0 bridgehead atoms. The molecule has 5 nitrogen and oxygen atoms in total. The molecule has 3 rings (SSSR count). The zero-order chi connectivity index (χ0) is 13.6. The summed E-state index contributed by atoms with van der Waals surface area (Å²) < 4.78 is 23.2. The molecule has 1 amide bonds. The first-order chi connectivity index (χ1) is 8.96. The van der Waals surface area contributed by atoms with Crippen LogP contribution in [0.1, 0.15) is 6.42 Å². The van der Waals surface area contributed by atoms with Gasteiger partial charge in [0.05, 0.1) is 34.4 Å². The second-order valence-electron chi connectivity index (χ2n) is 4.87. The van der Waals surface area contributed by atoms with Gasteiger partial charge in [0, 0.05) is 6.04 Å². The third-order valence-electron chi connectivity index (χ3n) is 3.51. The lowest BCUT2D eigenvalue weighted by Gasteiger charge is -2.35. The van der Waals surface area contributed by atoms with Crippen LogP contribution in [-0.4, -0.2) is 38.4 Å². The molecule has 1 atom stereocenters. The Morgan fingerprint density at radius 2 is 2.16 bits per heavy atom. The Morgan fingerprint density at radius 1 is 1.37 bits per heavy atom. The summed E-state index contributed by atoms with van der Waals surface area (Å²) in [6, 6.07) is 5.11. The van der Waals surface area contributed by atoms with E-state index in [-0.39, 0.29) is 30.0 Å². The summed E-state index contributed by atoms with van der Waals surface area (Å²) in [7, 11) is -2.99. The Bertz CT molecular complexity index is 644. The van der Waals surface area contributed by atoms with Crippen molar-refractivity contribution >= 4 is 38.7 Å². The lowest BCUT2D eigenvalue weighted by atomic mass is 10.1. The zero-order valence-electron chi connectivity index (χ0n) is 10.1.